The minimum atomic E-state index is -4.45. The molecule has 1 aliphatic carbocycles. The van der Waals surface area contributed by atoms with E-state index in [1.807, 2.05) is 0 Å². The average molecular weight is 227 g/mol. The van der Waals surface area contributed by atoms with Crippen LogP contribution in [0.2, 0.25) is 0 Å². The van der Waals surface area contributed by atoms with Gasteiger partial charge in [0, 0.05) is 6.04 Å². The molecule has 90 valence electrons. The summed E-state index contributed by atoms with van der Waals surface area (Å²) in [7, 11) is 0. The van der Waals surface area contributed by atoms with Crippen molar-refractivity contribution in [1.82, 2.24) is 0 Å². The van der Waals surface area contributed by atoms with Crippen molar-refractivity contribution in [2.24, 2.45) is 5.73 Å². The fourth-order valence-corrected chi connectivity index (χ4v) is 1.90. The Hall–Kier alpha value is -0.330. The lowest BCUT2D eigenvalue weighted by Crippen LogP contribution is -2.53. The fraction of sp³-hybridized carbons (Fsp3) is 1.00. The van der Waals surface area contributed by atoms with Crippen molar-refractivity contribution in [3.63, 3.8) is 0 Å². The Balaban J connectivity index is 2.78. The van der Waals surface area contributed by atoms with E-state index in [1.54, 1.807) is 0 Å². The maximum atomic E-state index is 12.8. The van der Waals surface area contributed by atoms with Crippen LogP contribution in [0.1, 0.15) is 32.6 Å². The largest absolute Gasteiger partial charge is 0.417 e. The van der Waals surface area contributed by atoms with Gasteiger partial charge in [-0.2, -0.15) is 13.2 Å². The number of halogens is 3. The van der Waals surface area contributed by atoms with Gasteiger partial charge >= 0.3 is 6.18 Å². The summed E-state index contributed by atoms with van der Waals surface area (Å²) in [6.45, 7) is 1.18. The van der Waals surface area contributed by atoms with E-state index in [4.69, 9.17) is 10.8 Å². The van der Waals surface area contributed by atoms with Gasteiger partial charge < -0.3 is 15.6 Å². The topological polar surface area (TPSA) is 55.5 Å². The van der Waals surface area contributed by atoms with E-state index in [0.717, 1.165) is 0 Å². The van der Waals surface area contributed by atoms with E-state index in [1.165, 1.54) is 6.92 Å². The molecule has 1 atom stereocenters. The van der Waals surface area contributed by atoms with Crippen molar-refractivity contribution in [1.29, 1.82) is 0 Å². The Morgan fingerprint density at radius 1 is 1.40 bits per heavy atom. The Bertz CT molecular complexity index is 210. The summed E-state index contributed by atoms with van der Waals surface area (Å²) in [4.78, 5) is 0. The second kappa shape index (κ2) is 4.27. The summed E-state index contributed by atoms with van der Waals surface area (Å²) < 4.78 is 43.1. The van der Waals surface area contributed by atoms with Crippen LogP contribution in [0.3, 0.4) is 0 Å². The molecule has 3 nitrogen and oxygen atoms in total. The molecule has 0 aromatic carbocycles. The van der Waals surface area contributed by atoms with Crippen molar-refractivity contribution in [3.8, 4) is 0 Å². The zero-order chi connectivity index (χ0) is 11.7. The summed E-state index contributed by atoms with van der Waals surface area (Å²) in [6.07, 6.45) is -5.69. The third-order valence-electron chi connectivity index (χ3n) is 2.75. The van der Waals surface area contributed by atoms with Crippen molar-refractivity contribution >= 4 is 0 Å². The second-order valence-electron chi connectivity index (χ2n) is 4.05. The number of alkyl halides is 3. The number of aliphatic hydroxyl groups is 1. The number of ether oxygens (including phenoxy) is 1. The molecule has 0 amide bonds. The Kier molecular flexibility index (Phi) is 3.63. The molecule has 0 spiro atoms. The molecule has 0 aliphatic heterocycles. The molecule has 1 aliphatic rings. The molecule has 0 radical (unpaired) electrons. The molecule has 3 N–H and O–H groups in total. The highest BCUT2D eigenvalue weighted by atomic mass is 19.4. The first-order valence-electron chi connectivity index (χ1n) is 4.95. The van der Waals surface area contributed by atoms with Crippen molar-refractivity contribution in [3.05, 3.63) is 0 Å². The molecule has 0 saturated heterocycles. The van der Waals surface area contributed by atoms with E-state index < -0.39 is 18.1 Å². The average Bonchev–Trinajstić information content (AvgIpc) is 2.06. The van der Waals surface area contributed by atoms with Crippen LogP contribution in [0.15, 0.2) is 0 Å². The molecule has 0 aromatic rings. The summed E-state index contributed by atoms with van der Waals surface area (Å²) >= 11 is 0. The maximum Gasteiger partial charge on any atom is 0.417 e. The van der Waals surface area contributed by atoms with Gasteiger partial charge in [0.25, 0.3) is 0 Å². The standard InChI is InChI=1S/C9H16F3NO2/c1-6(14)15-8(9(10,11)12)4-2-7(13)3-5-8/h6-7,14H,2-5,13H2,1H3. The summed E-state index contributed by atoms with van der Waals surface area (Å²) in [5.74, 6) is 0. The lowest BCUT2D eigenvalue weighted by Gasteiger charge is -2.41. The number of aliphatic hydroxyl groups excluding tert-OH is 1. The van der Waals surface area contributed by atoms with Crippen molar-refractivity contribution in [2.45, 2.75) is 56.7 Å². The Morgan fingerprint density at radius 2 is 1.87 bits per heavy atom. The van der Waals surface area contributed by atoms with E-state index in [2.05, 4.69) is 4.74 Å². The number of nitrogens with two attached hydrogens (primary N) is 1. The molecule has 0 bridgehead atoms. The predicted molar refractivity (Wildman–Crippen MR) is 48.0 cm³/mol. The smallest absolute Gasteiger partial charge is 0.368 e. The van der Waals surface area contributed by atoms with Gasteiger partial charge in [-0.1, -0.05) is 0 Å². The minimum Gasteiger partial charge on any atom is -0.368 e. The lowest BCUT2D eigenvalue weighted by molar-refractivity contribution is -0.323. The van der Waals surface area contributed by atoms with Crippen LogP contribution in [0, 0.1) is 0 Å². The molecule has 1 fully saturated rings. The van der Waals surface area contributed by atoms with E-state index >= 15 is 0 Å². The highest BCUT2D eigenvalue weighted by Crippen LogP contribution is 2.44. The molecule has 0 heterocycles. The molecule has 15 heavy (non-hydrogen) atoms. The van der Waals surface area contributed by atoms with E-state index in [0.29, 0.717) is 0 Å². The third-order valence-corrected chi connectivity index (χ3v) is 2.75. The van der Waals surface area contributed by atoms with Crippen LogP contribution in [0.5, 0.6) is 0 Å². The van der Waals surface area contributed by atoms with Gasteiger partial charge in [-0.05, 0) is 32.6 Å². The van der Waals surface area contributed by atoms with E-state index in [9.17, 15) is 13.2 Å². The number of hydrogen-bond acceptors (Lipinski definition) is 3. The molecule has 1 rings (SSSR count). The van der Waals surface area contributed by atoms with Crippen LogP contribution in [0.4, 0.5) is 13.2 Å². The third kappa shape index (κ3) is 2.83. The van der Waals surface area contributed by atoms with Crippen LogP contribution in [0.25, 0.3) is 0 Å². The highest BCUT2D eigenvalue weighted by Gasteiger charge is 2.57. The van der Waals surface area contributed by atoms with Gasteiger partial charge in [0.15, 0.2) is 11.9 Å². The van der Waals surface area contributed by atoms with Gasteiger partial charge in [-0.25, -0.2) is 0 Å². The zero-order valence-electron chi connectivity index (χ0n) is 8.55. The summed E-state index contributed by atoms with van der Waals surface area (Å²) in [5.41, 5.74) is 3.33. The Morgan fingerprint density at radius 3 is 2.20 bits per heavy atom. The minimum absolute atomic E-state index is 0.178. The first-order chi connectivity index (χ1) is 6.77. The molecule has 0 aromatic heterocycles. The summed E-state index contributed by atoms with van der Waals surface area (Å²) in [6, 6.07) is -0.196. The molecular formula is C9H16F3NO2. The van der Waals surface area contributed by atoms with Crippen LogP contribution in [-0.4, -0.2) is 29.2 Å². The van der Waals surface area contributed by atoms with Gasteiger partial charge in [0.05, 0.1) is 0 Å². The maximum absolute atomic E-state index is 12.8. The lowest BCUT2D eigenvalue weighted by atomic mass is 9.81. The van der Waals surface area contributed by atoms with Gasteiger partial charge in [-0.3, -0.25) is 0 Å². The van der Waals surface area contributed by atoms with Gasteiger partial charge in [0.2, 0.25) is 0 Å². The summed E-state index contributed by atoms with van der Waals surface area (Å²) in [5, 5.41) is 8.95. The van der Waals surface area contributed by atoms with Gasteiger partial charge in [0.1, 0.15) is 0 Å². The normalized spacial score (nSPS) is 35.2. The highest BCUT2D eigenvalue weighted by molar-refractivity contribution is 4.94. The first kappa shape index (κ1) is 12.7. The quantitative estimate of drug-likeness (QED) is 0.703. The number of rotatable bonds is 2. The predicted octanol–water partition coefficient (Wildman–Crippen LogP) is 1.54. The van der Waals surface area contributed by atoms with Crippen LogP contribution in [-0.2, 0) is 4.74 Å². The van der Waals surface area contributed by atoms with E-state index in [-0.39, 0.29) is 31.7 Å². The van der Waals surface area contributed by atoms with Crippen molar-refractivity contribution < 1.29 is 23.0 Å². The van der Waals surface area contributed by atoms with Gasteiger partial charge in [-0.15, -0.1) is 0 Å². The molecule has 1 unspecified atom stereocenters. The first-order valence-corrected chi connectivity index (χ1v) is 4.95. The SMILES string of the molecule is CC(O)OC1(C(F)(F)F)CCC(N)CC1. The molecule has 6 heteroatoms. The Labute approximate surface area is 86.4 Å². The molecular weight excluding hydrogens is 211 g/mol. The monoisotopic (exact) mass is 227 g/mol. The van der Waals surface area contributed by atoms with Crippen molar-refractivity contribution in [2.75, 3.05) is 0 Å². The molecule has 1 saturated carbocycles. The number of hydrogen-bond donors (Lipinski definition) is 2. The van der Waals surface area contributed by atoms with Crippen LogP contribution < -0.4 is 5.73 Å². The van der Waals surface area contributed by atoms with Crippen LogP contribution >= 0.6 is 0 Å². The second-order valence-corrected chi connectivity index (χ2v) is 4.05. The fourth-order valence-electron chi connectivity index (χ4n) is 1.90. The zero-order valence-corrected chi connectivity index (χ0v) is 8.55.